The Morgan fingerprint density at radius 1 is 1.19 bits per heavy atom. The normalized spacial score (nSPS) is 20.4. The van der Waals surface area contributed by atoms with Crippen molar-refractivity contribution >= 4 is 5.91 Å². The minimum atomic E-state index is -4.09. The third-order valence-electron chi connectivity index (χ3n) is 6.15. The lowest BCUT2D eigenvalue weighted by Gasteiger charge is -2.36. The fraction of sp³-hybridized carbons (Fsp3) is 0.773. The van der Waals surface area contributed by atoms with Gasteiger partial charge in [-0.05, 0) is 70.1 Å². The van der Waals surface area contributed by atoms with Crippen LogP contribution in [0.5, 0.6) is 0 Å². The van der Waals surface area contributed by atoms with Gasteiger partial charge in [-0.2, -0.15) is 13.2 Å². The van der Waals surface area contributed by atoms with Gasteiger partial charge in [0.2, 0.25) is 5.91 Å². The molecule has 0 heterocycles. The van der Waals surface area contributed by atoms with Gasteiger partial charge in [-0.3, -0.25) is 4.79 Å². The third-order valence-corrected chi connectivity index (χ3v) is 6.15. The van der Waals surface area contributed by atoms with Gasteiger partial charge in [0, 0.05) is 25.6 Å². The molecule has 154 valence electrons. The van der Waals surface area contributed by atoms with Crippen molar-refractivity contribution in [3.05, 3.63) is 22.9 Å². The molecule has 2 aliphatic rings. The molecule has 27 heavy (non-hydrogen) atoms. The van der Waals surface area contributed by atoms with Gasteiger partial charge in [0.15, 0.2) is 0 Å². The van der Waals surface area contributed by atoms with E-state index in [0.717, 1.165) is 44.2 Å². The van der Waals surface area contributed by atoms with Gasteiger partial charge in [0.05, 0.1) is 0 Å². The molecule has 1 fully saturated rings. The Balaban J connectivity index is 2.06. The number of carbonyl (C=O) groups excluding carboxylic acids is 1. The minimum Gasteiger partial charge on any atom is -0.316 e. The van der Waals surface area contributed by atoms with Crippen LogP contribution in [0.25, 0.3) is 0 Å². The van der Waals surface area contributed by atoms with Gasteiger partial charge >= 0.3 is 6.18 Å². The van der Waals surface area contributed by atoms with Crippen LogP contribution < -0.4 is 0 Å². The van der Waals surface area contributed by atoms with Crippen molar-refractivity contribution in [2.75, 3.05) is 6.54 Å². The van der Waals surface area contributed by atoms with E-state index in [1.165, 1.54) is 30.5 Å². The molecular formula is C22H34F3NO. The van der Waals surface area contributed by atoms with Crippen LogP contribution in [-0.2, 0) is 4.79 Å². The average Bonchev–Trinajstić information content (AvgIpc) is 2.53. The largest absolute Gasteiger partial charge is 0.389 e. The maximum atomic E-state index is 12.4. The molecule has 0 spiro atoms. The molecule has 0 radical (unpaired) electrons. The first-order chi connectivity index (χ1) is 12.7. The van der Waals surface area contributed by atoms with Crippen LogP contribution in [-0.4, -0.2) is 23.5 Å². The molecule has 0 saturated heterocycles. The Morgan fingerprint density at radius 3 is 2.41 bits per heavy atom. The maximum Gasteiger partial charge on any atom is 0.389 e. The van der Waals surface area contributed by atoms with E-state index in [2.05, 4.69) is 6.92 Å². The predicted octanol–water partition coefficient (Wildman–Crippen LogP) is 6.78. The lowest BCUT2D eigenvalue weighted by molar-refractivity contribution is -0.133. The fourth-order valence-corrected chi connectivity index (χ4v) is 4.06. The molecule has 0 aromatic heterocycles. The summed E-state index contributed by atoms with van der Waals surface area (Å²) in [5.74, 6) is 0.964. The molecule has 0 aromatic carbocycles. The number of alkyl halides is 3. The van der Waals surface area contributed by atoms with Gasteiger partial charge in [-0.15, -0.1) is 0 Å². The molecular weight excluding hydrogens is 351 g/mol. The predicted molar refractivity (Wildman–Crippen MR) is 103 cm³/mol. The smallest absolute Gasteiger partial charge is 0.316 e. The Bertz CT molecular complexity index is 573. The summed E-state index contributed by atoms with van der Waals surface area (Å²) in [6.07, 6.45) is 5.67. The first kappa shape index (κ1) is 22.0. The summed E-state index contributed by atoms with van der Waals surface area (Å²) in [4.78, 5) is 14.3. The van der Waals surface area contributed by atoms with Gasteiger partial charge < -0.3 is 4.90 Å². The molecule has 0 bridgehead atoms. The van der Waals surface area contributed by atoms with Crippen molar-refractivity contribution in [1.29, 1.82) is 0 Å². The number of halogens is 3. The molecule has 2 aliphatic carbocycles. The summed E-state index contributed by atoms with van der Waals surface area (Å²) in [7, 11) is 0. The second kappa shape index (κ2) is 9.79. The summed E-state index contributed by atoms with van der Waals surface area (Å²) >= 11 is 0. The number of carbonyl (C=O) groups is 1. The first-order valence-electron chi connectivity index (χ1n) is 10.4. The van der Waals surface area contributed by atoms with Crippen LogP contribution in [0.15, 0.2) is 22.9 Å². The first-order valence-corrected chi connectivity index (χ1v) is 10.4. The lowest BCUT2D eigenvalue weighted by Crippen LogP contribution is -2.36. The fourth-order valence-electron chi connectivity index (χ4n) is 4.06. The van der Waals surface area contributed by atoms with E-state index < -0.39 is 12.6 Å². The second-order valence-electron chi connectivity index (χ2n) is 8.39. The van der Waals surface area contributed by atoms with Crippen molar-refractivity contribution in [2.45, 2.75) is 91.2 Å². The third kappa shape index (κ3) is 7.00. The molecule has 1 saturated carbocycles. The number of hydrogen-bond donors (Lipinski definition) is 0. The standard InChI is InChI=1S/C22H34F3NO/c1-16(8-7-13-22(23,24)25)17(2)14-20-11-4-5-12-21(20)26(18(3)27)15-19-9-6-10-19/h8,17,19H,4-7,9-15H2,1-3H3/b16-8+/t17-/m0/s1. The molecule has 0 unspecified atom stereocenters. The number of allylic oxidation sites excluding steroid dienone is 4. The molecule has 0 aromatic rings. The van der Waals surface area contributed by atoms with Crippen LogP contribution in [0.1, 0.15) is 85.0 Å². The summed E-state index contributed by atoms with van der Waals surface area (Å²) in [5.41, 5.74) is 3.56. The van der Waals surface area contributed by atoms with Crippen LogP contribution in [0.2, 0.25) is 0 Å². The van der Waals surface area contributed by atoms with Crippen LogP contribution in [0.4, 0.5) is 13.2 Å². The summed E-state index contributed by atoms with van der Waals surface area (Å²) in [5, 5.41) is 0. The van der Waals surface area contributed by atoms with Gasteiger partial charge in [-0.1, -0.05) is 30.6 Å². The molecule has 1 amide bonds. The SMILES string of the molecule is CC(=O)N(CC1CCC1)C1=C(C[C@H](C)/C(C)=C/CCC(F)(F)F)CCCC1. The highest BCUT2D eigenvalue weighted by Crippen LogP contribution is 2.36. The Morgan fingerprint density at radius 2 is 1.85 bits per heavy atom. The number of amides is 1. The molecule has 2 rings (SSSR count). The highest BCUT2D eigenvalue weighted by molar-refractivity contribution is 5.75. The van der Waals surface area contributed by atoms with E-state index in [9.17, 15) is 18.0 Å². The zero-order valence-electron chi connectivity index (χ0n) is 17.0. The minimum absolute atomic E-state index is 0.0484. The monoisotopic (exact) mass is 385 g/mol. The zero-order chi connectivity index (χ0) is 20.0. The van der Waals surface area contributed by atoms with E-state index in [-0.39, 0.29) is 18.2 Å². The highest BCUT2D eigenvalue weighted by Gasteiger charge is 2.28. The van der Waals surface area contributed by atoms with Crippen molar-refractivity contribution in [1.82, 2.24) is 4.90 Å². The van der Waals surface area contributed by atoms with Crippen LogP contribution in [0.3, 0.4) is 0 Å². The van der Waals surface area contributed by atoms with E-state index in [4.69, 9.17) is 0 Å². The average molecular weight is 386 g/mol. The number of hydrogen-bond acceptors (Lipinski definition) is 1. The summed E-state index contributed by atoms with van der Waals surface area (Å²) < 4.78 is 37.1. The quantitative estimate of drug-likeness (QED) is 0.422. The zero-order valence-corrected chi connectivity index (χ0v) is 17.0. The van der Waals surface area contributed by atoms with Gasteiger partial charge in [0.25, 0.3) is 0 Å². The summed E-state index contributed by atoms with van der Waals surface area (Å²) in [6, 6.07) is 0. The Hall–Kier alpha value is -1.26. The molecule has 1 atom stereocenters. The molecule has 2 nitrogen and oxygen atoms in total. The molecule has 5 heteroatoms. The topological polar surface area (TPSA) is 20.3 Å². The van der Waals surface area contributed by atoms with Crippen molar-refractivity contribution in [3.63, 3.8) is 0 Å². The van der Waals surface area contributed by atoms with Crippen molar-refractivity contribution < 1.29 is 18.0 Å². The number of nitrogens with zero attached hydrogens (tertiary/aromatic N) is 1. The van der Waals surface area contributed by atoms with E-state index in [1.807, 2.05) is 11.8 Å². The number of rotatable bonds is 8. The van der Waals surface area contributed by atoms with E-state index >= 15 is 0 Å². The second-order valence-corrected chi connectivity index (χ2v) is 8.39. The van der Waals surface area contributed by atoms with Gasteiger partial charge in [-0.25, -0.2) is 0 Å². The van der Waals surface area contributed by atoms with Crippen molar-refractivity contribution in [2.24, 2.45) is 11.8 Å². The molecule has 0 aliphatic heterocycles. The highest BCUT2D eigenvalue weighted by atomic mass is 19.4. The lowest BCUT2D eigenvalue weighted by atomic mass is 9.83. The van der Waals surface area contributed by atoms with E-state index in [1.54, 1.807) is 13.0 Å². The van der Waals surface area contributed by atoms with E-state index in [0.29, 0.717) is 5.92 Å². The van der Waals surface area contributed by atoms with Crippen LogP contribution in [0, 0.1) is 11.8 Å². The van der Waals surface area contributed by atoms with Crippen LogP contribution >= 0.6 is 0 Å². The Kier molecular flexibility index (Phi) is 7.99. The molecule has 0 N–H and O–H groups in total. The van der Waals surface area contributed by atoms with Crippen molar-refractivity contribution in [3.8, 4) is 0 Å². The van der Waals surface area contributed by atoms with Gasteiger partial charge in [0.1, 0.15) is 0 Å². The maximum absolute atomic E-state index is 12.4. The Labute approximate surface area is 161 Å². The summed E-state index contributed by atoms with van der Waals surface area (Å²) in [6.45, 7) is 6.51.